The maximum absolute atomic E-state index is 12.7. The van der Waals surface area contributed by atoms with E-state index in [1.54, 1.807) is 18.2 Å². The molecule has 0 radical (unpaired) electrons. The Morgan fingerprint density at radius 3 is 2.67 bits per heavy atom. The van der Waals surface area contributed by atoms with Gasteiger partial charge in [0.25, 0.3) is 10.0 Å². The Morgan fingerprint density at radius 2 is 1.88 bits per heavy atom. The number of fused-ring (bicyclic) bond motifs is 2. The molecule has 0 saturated heterocycles. The molecule has 2 aromatic heterocycles. The number of halogens is 2. The fraction of sp³-hybridized carbons (Fsp3) is 0. The minimum Gasteiger partial charge on any atom is -0.279 e. The molecule has 0 aliphatic carbocycles. The summed E-state index contributed by atoms with van der Waals surface area (Å²) >= 11 is 12.3. The van der Waals surface area contributed by atoms with E-state index in [2.05, 4.69) is 20.7 Å². The molecule has 0 bridgehead atoms. The van der Waals surface area contributed by atoms with Crippen molar-refractivity contribution in [2.24, 2.45) is 0 Å². The second-order valence-corrected chi connectivity index (χ2v) is 10.3. The van der Waals surface area contributed by atoms with Gasteiger partial charge < -0.3 is 0 Å². The van der Waals surface area contributed by atoms with Gasteiger partial charge in [0.1, 0.15) is 4.21 Å². The van der Waals surface area contributed by atoms with Crippen LogP contribution in [0, 0.1) is 0 Å². The largest absolute Gasteiger partial charge is 0.279 e. The van der Waals surface area contributed by atoms with Crippen molar-refractivity contribution in [3.63, 3.8) is 0 Å². The number of hydrogen-bond donors (Lipinski definition) is 1. The highest BCUT2D eigenvalue weighted by Gasteiger charge is 2.19. The van der Waals surface area contributed by atoms with Crippen LogP contribution in [0.1, 0.15) is 0 Å². The molecule has 0 fully saturated rings. The molecule has 0 aliphatic heterocycles. The monoisotopic (exact) mass is 457 g/mol. The van der Waals surface area contributed by atoms with Crippen LogP contribution in [-0.2, 0) is 10.0 Å². The minimum atomic E-state index is -3.63. The smallest absolute Gasteiger partial charge is 0.271 e. The van der Waals surface area contributed by atoms with E-state index in [0.717, 1.165) is 24.6 Å². The molecule has 2 aromatic carbocycles. The molecule has 8 heteroatoms. The van der Waals surface area contributed by atoms with E-state index in [1.807, 2.05) is 29.6 Å². The number of hydrogen-bond acceptors (Lipinski definition) is 4. The van der Waals surface area contributed by atoms with Crippen molar-refractivity contribution < 1.29 is 8.42 Å². The number of rotatable bonds is 3. The van der Waals surface area contributed by atoms with Crippen LogP contribution >= 0.6 is 50.2 Å². The van der Waals surface area contributed by atoms with Gasteiger partial charge in [-0.1, -0.05) is 33.6 Å². The highest BCUT2D eigenvalue weighted by atomic mass is 79.9. The summed E-state index contributed by atoms with van der Waals surface area (Å²) < 4.78 is 31.1. The van der Waals surface area contributed by atoms with Gasteiger partial charge in [-0.05, 0) is 36.4 Å². The molecule has 4 aromatic rings. The lowest BCUT2D eigenvalue weighted by Crippen LogP contribution is -2.11. The molecule has 0 atom stereocenters. The zero-order chi connectivity index (χ0) is 16.9. The maximum Gasteiger partial charge on any atom is 0.271 e. The average Bonchev–Trinajstić information content (AvgIpc) is 3.13. The van der Waals surface area contributed by atoms with Crippen LogP contribution in [0.4, 0.5) is 5.69 Å². The first kappa shape index (κ1) is 16.4. The highest BCUT2D eigenvalue weighted by molar-refractivity contribution is 9.10. The highest BCUT2D eigenvalue weighted by Crippen LogP contribution is 2.36. The quantitative estimate of drug-likeness (QED) is 0.390. The summed E-state index contributed by atoms with van der Waals surface area (Å²) in [6.07, 6.45) is 0. The van der Waals surface area contributed by atoms with Crippen LogP contribution in [-0.4, -0.2) is 8.42 Å². The third-order valence-electron chi connectivity index (χ3n) is 3.53. The molecule has 1 N–H and O–H groups in total. The Hall–Kier alpha value is -1.12. The third kappa shape index (κ3) is 2.84. The molecular formula is C16H9BrClNO2S3. The van der Waals surface area contributed by atoms with E-state index < -0.39 is 10.0 Å². The fourth-order valence-corrected chi connectivity index (χ4v) is 6.69. The molecule has 4 rings (SSSR count). The maximum atomic E-state index is 12.7. The summed E-state index contributed by atoms with van der Waals surface area (Å²) in [5.74, 6) is 0. The van der Waals surface area contributed by atoms with Crippen molar-refractivity contribution in [3.05, 3.63) is 57.3 Å². The lowest BCUT2D eigenvalue weighted by atomic mass is 10.2. The summed E-state index contributed by atoms with van der Waals surface area (Å²) in [5, 5.41) is 4.34. The van der Waals surface area contributed by atoms with Gasteiger partial charge in [0, 0.05) is 30.0 Å². The van der Waals surface area contributed by atoms with Crippen LogP contribution in [0.25, 0.3) is 20.2 Å². The zero-order valence-corrected chi connectivity index (χ0v) is 16.7. The second-order valence-electron chi connectivity index (χ2n) is 5.12. The van der Waals surface area contributed by atoms with Crippen LogP contribution in [0.15, 0.2) is 56.5 Å². The Labute approximate surface area is 160 Å². The Balaban J connectivity index is 1.74. The number of anilines is 1. The van der Waals surface area contributed by atoms with Gasteiger partial charge in [0.15, 0.2) is 0 Å². The summed E-state index contributed by atoms with van der Waals surface area (Å²) in [5.41, 5.74) is 0.525. The molecule has 3 nitrogen and oxygen atoms in total. The lowest BCUT2D eigenvalue weighted by molar-refractivity contribution is 0.603. The van der Waals surface area contributed by atoms with Gasteiger partial charge in [-0.25, -0.2) is 8.42 Å². The van der Waals surface area contributed by atoms with E-state index in [9.17, 15) is 8.42 Å². The Bertz CT molecular complexity index is 1180. The van der Waals surface area contributed by atoms with Gasteiger partial charge in [0.05, 0.1) is 10.7 Å². The van der Waals surface area contributed by atoms with Crippen molar-refractivity contribution in [1.82, 2.24) is 0 Å². The van der Waals surface area contributed by atoms with E-state index in [4.69, 9.17) is 11.6 Å². The van der Waals surface area contributed by atoms with Gasteiger partial charge in [0.2, 0.25) is 0 Å². The van der Waals surface area contributed by atoms with Gasteiger partial charge in [-0.2, -0.15) is 0 Å². The molecule has 2 heterocycles. The lowest BCUT2D eigenvalue weighted by Gasteiger charge is -2.06. The van der Waals surface area contributed by atoms with Crippen molar-refractivity contribution >= 4 is 86.1 Å². The molecule has 24 heavy (non-hydrogen) atoms. The topological polar surface area (TPSA) is 46.2 Å². The fourth-order valence-electron chi connectivity index (χ4n) is 2.40. The summed E-state index contributed by atoms with van der Waals surface area (Å²) in [6.45, 7) is 0. The van der Waals surface area contributed by atoms with Crippen LogP contribution in [0.5, 0.6) is 0 Å². The van der Waals surface area contributed by atoms with E-state index in [0.29, 0.717) is 10.7 Å². The molecule has 0 spiro atoms. The van der Waals surface area contributed by atoms with Crippen LogP contribution < -0.4 is 4.72 Å². The Morgan fingerprint density at radius 1 is 1.04 bits per heavy atom. The van der Waals surface area contributed by atoms with Crippen molar-refractivity contribution in [2.75, 3.05) is 4.72 Å². The molecule has 0 amide bonds. The van der Waals surface area contributed by atoms with Gasteiger partial charge in [-0.15, -0.1) is 22.7 Å². The summed E-state index contributed by atoms with van der Waals surface area (Å²) in [4.78, 5) is 0. The molecule has 0 saturated carbocycles. The second kappa shape index (κ2) is 6.00. The average molecular weight is 459 g/mol. The normalized spacial score (nSPS) is 12.1. The standard InChI is InChI=1S/C16H9BrClNO2S3/c17-12-2-1-3-14-11(12)7-16(23-14)24(20,21)19-9-4-5-10-13(18)8-22-15(10)6-9/h1-8,19H. The van der Waals surface area contributed by atoms with Crippen LogP contribution in [0.2, 0.25) is 5.02 Å². The number of thiophene rings is 2. The first-order chi connectivity index (χ1) is 11.4. The number of nitrogens with one attached hydrogen (secondary N) is 1. The minimum absolute atomic E-state index is 0.286. The zero-order valence-electron chi connectivity index (χ0n) is 11.9. The third-order valence-corrected chi connectivity index (χ3v) is 8.57. The predicted octanol–water partition coefficient (Wildman–Crippen LogP) is 6.33. The molecule has 0 unspecified atom stereocenters. The molecule has 122 valence electrons. The van der Waals surface area contributed by atoms with E-state index in [-0.39, 0.29) is 4.21 Å². The van der Waals surface area contributed by atoms with Crippen molar-refractivity contribution in [2.45, 2.75) is 4.21 Å². The Kier molecular flexibility index (Phi) is 4.09. The van der Waals surface area contributed by atoms with E-state index in [1.165, 1.54) is 22.7 Å². The van der Waals surface area contributed by atoms with Crippen molar-refractivity contribution in [3.8, 4) is 0 Å². The summed E-state index contributed by atoms with van der Waals surface area (Å²) in [7, 11) is -3.63. The van der Waals surface area contributed by atoms with Crippen molar-refractivity contribution in [1.29, 1.82) is 0 Å². The molecule has 0 aliphatic rings. The summed E-state index contributed by atoms with van der Waals surface area (Å²) in [6, 6.07) is 12.7. The van der Waals surface area contributed by atoms with Gasteiger partial charge >= 0.3 is 0 Å². The van der Waals surface area contributed by atoms with Crippen LogP contribution in [0.3, 0.4) is 0 Å². The number of benzene rings is 2. The van der Waals surface area contributed by atoms with E-state index >= 15 is 0 Å². The molecular weight excluding hydrogens is 450 g/mol. The first-order valence-corrected chi connectivity index (χ1v) is 11.2. The number of sulfonamides is 1. The SMILES string of the molecule is O=S(=O)(Nc1ccc2c(Cl)csc2c1)c1cc2c(Br)cccc2s1. The van der Waals surface area contributed by atoms with Gasteiger partial charge in [-0.3, -0.25) is 4.72 Å². The first-order valence-electron chi connectivity index (χ1n) is 6.82. The predicted molar refractivity (Wildman–Crippen MR) is 107 cm³/mol.